The number of halogens is 2. The summed E-state index contributed by atoms with van der Waals surface area (Å²) in [5.74, 6) is 0.754. The molecule has 112 valence electrons. The van der Waals surface area contributed by atoms with Gasteiger partial charge in [0.25, 0.3) is 0 Å². The predicted octanol–water partition coefficient (Wildman–Crippen LogP) is 3.95. The first-order valence-corrected chi connectivity index (χ1v) is 7.71. The third-order valence-corrected chi connectivity index (χ3v) is 4.13. The van der Waals surface area contributed by atoms with Crippen molar-refractivity contribution >= 4 is 23.2 Å². The highest BCUT2D eigenvalue weighted by atomic mass is 35.5. The Morgan fingerprint density at radius 1 is 1.20 bits per heavy atom. The van der Waals surface area contributed by atoms with Crippen LogP contribution in [0.2, 0.25) is 10.3 Å². The Bertz CT molecular complexity index is 446. The summed E-state index contributed by atoms with van der Waals surface area (Å²) in [6, 6.07) is 0. The maximum atomic E-state index is 6.29. The minimum absolute atomic E-state index is 0.182. The van der Waals surface area contributed by atoms with E-state index in [1.54, 1.807) is 0 Å². The summed E-state index contributed by atoms with van der Waals surface area (Å²) in [6.07, 6.45) is 1.43. The Morgan fingerprint density at radius 2 is 1.75 bits per heavy atom. The number of ether oxygens (including phenoxy) is 2. The first-order chi connectivity index (χ1) is 9.50. The van der Waals surface area contributed by atoms with Gasteiger partial charge in [-0.1, -0.05) is 37.0 Å². The fourth-order valence-electron chi connectivity index (χ4n) is 2.51. The molecule has 1 aliphatic rings. The van der Waals surface area contributed by atoms with Crippen molar-refractivity contribution < 1.29 is 9.47 Å². The van der Waals surface area contributed by atoms with Crippen LogP contribution in [0.1, 0.15) is 50.9 Å². The standard InChI is InChI=1S/C14H20Cl2N2O2/c1-4-20-14(5-7-19-8-6-14)13-17-11(15)10(9(2)3)12(16)18-13/h9H,4-8H2,1-3H3. The fourth-order valence-corrected chi connectivity index (χ4v) is 3.33. The van der Waals surface area contributed by atoms with E-state index >= 15 is 0 Å². The van der Waals surface area contributed by atoms with E-state index in [1.165, 1.54) is 0 Å². The van der Waals surface area contributed by atoms with Crippen LogP contribution in [0, 0.1) is 0 Å². The fraction of sp³-hybridized carbons (Fsp3) is 0.714. The van der Waals surface area contributed by atoms with Crippen LogP contribution >= 0.6 is 23.2 Å². The van der Waals surface area contributed by atoms with Crippen molar-refractivity contribution in [2.75, 3.05) is 19.8 Å². The van der Waals surface area contributed by atoms with Gasteiger partial charge in [0, 0.05) is 38.2 Å². The summed E-state index contributed by atoms with van der Waals surface area (Å²) < 4.78 is 11.4. The second-order valence-electron chi connectivity index (χ2n) is 5.24. The van der Waals surface area contributed by atoms with E-state index in [4.69, 9.17) is 32.7 Å². The minimum Gasteiger partial charge on any atom is -0.381 e. The molecule has 1 aromatic heterocycles. The smallest absolute Gasteiger partial charge is 0.163 e. The molecule has 2 rings (SSSR count). The van der Waals surface area contributed by atoms with Gasteiger partial charge in [-0.25, -0.2) is 9.97 Å². The van der Waals surface area contributed by atoms with E-state index < -0.39 is 5.60 Å². The van der Waals surface area contributed by atoms with Gasteiger partial charge in [0.15, 0.2) is 5.82 Å². The Balaban J connectivity index is 2.44. The molecule has 4 nitrogen and oxygen atoms in total. The van der Waals surface area contributed by atoms with Gasteiger partial charge in [-0.3, -0.25) is 0 Å². The molecule has 2 heterocycles. The summed E-state index contributed by atoms with van der Waals surface area (Å²) in [5.41, 5.74) is 0.256. The van der Waals surface area contributed by atoms with Gasteiger partial charge in [-0.2, -0.15) is 0 Å². The lowest BCUT2D eigenvalue weighted by molar-refractivity contribution is -0.117. The Hall–Kier alpha value is -0.420. The zero-order valence-electron chi connectivity index (χ0n) is 12.1. The van der Waals surface area contributed by atoms with Gasteiger partial charge < -0.3 is 9.47 Å². The maximum Gasteiger partial charge on any atom is 0.163 e. The Morgan fingerprint density at radius 3 is 2.20 bits per heavy atom. The molecule has 0 unspecified atom stereocenters. The zero-order valence-corrected chi connectivity index (χ0v) is 13.6. The van der Waals surface area contributed by atoms with Crippen molar-refractivity contribution in [3.8, 4) is 0 Å². The molecule has 0 radical (unpaired) electrons. The van der Waals surface area contributed by atoms with Crippen molar-refractivity contribution in [2.45, 2.75) is 45.1 Å². The first kappa shape index (κ1) is 16.0. The topological polar surface area (TPSA) is 44.2 Å². The molecule has 1 aromatic rings. The van der Waals surface area contributed by atoms with Crippen LogP contribution in [0.15, 0.2) is 0 Å². The largest absolute Gasteiger partial charge is 0.381 e. The van der Waals surface area contributed by atoms with Crippen molar-refractivity contribution in [2.24, 2.45) is 0 Å². The first-order valence-electron chi connectivity index (χ1n) is 6.95. The monoisotopic (exact) mass is 318 g/mol. The normalized spacial score (nSPS) is 18.5. The van der Waals surface area contributed by atoms with Gasteiger partial charge in [-0.05, 0) is 12.8 Å². The highest BCUT2D eigenvalue weighted by Crippen LogP contribution is 2.37. The van der Waals surface area contributed by atoms with Crippen molar-refractivity contribution in [3.63, 3.8) is 0 Å². The van der Waals surface area contributed by atoms with E-state index in [2.05, 4.69) is 9.97 Å². The molecule has 0 bridgehead atoms. The lowest BCUT2D eigenvalue weighted by Crippen LogP contribution is -2.38. The second-order valence-corrected chi connectivity index (χ2v) is 5.95. The molecule has 1 saturated heterocycles. The van der Waals surface area contributed by atoms with E-state index in [-0.39, 0.29) is 5.92 Å². The van der Waals surface area contributed by atoms with Crippen molar-refractivity contribution in [1.82, 2.24) is 9.97 Å². The Labute approximate surface area is 129 Å². The molecular formula is C14H20Cl2N2O2. The van der Waals surface area contributed by atoms with Gasteiger partial charge in [0.05, 0.1) is 0 Å². The molecule has 0 N–H and O–H groups in total. The number of aromatic nitrogens is 2. The minimum atomic E-state index is -0.532. The molecule has 1 fully saturated rings. The molecule has 0 saturated carbocycles. The van der Waals surface area contributed by atoms with Gasteiger partial charge >= 0.3 is 0 Å². The van der Waals surface area contributed by atoms with E-state index in [0.29, 0.717) is 48.8 Å². The quantitative estimate of drug-likeness (QED) is 0.788. The van der Waals surface area contributed by atoms with Crippen LogP contribution in [0.3, 0.4) is 0 Å². The Kier molecular flexibility index (Phi) is 5.24. The van der Waals surface area contributed by atoms with Gasteiger partial charge in [0.1, 0.15) is 15.9 Å². The molecule has 0 aliphatic carbocycles. The van der Waals surface area contributed by atoms with E-state index in [1.807, 2.05) is 20.8 Å². The lowest BCUT2D eigenvalue weighted by Gasteiger charge is -2.35. The zero-order chi connectivity index (χ0) is 14.8. The summed E-state index contributed by atoms with van der Waals surface area (Å²) in [7, 11) is 0. The summed E-state index contributed by atoms with van der Waals surface area (Å²) in [4.78, 5) is 8.92. The SMILES string of the molecule is CCOC1(c2nc(Cl)c(C(C)C)c(Cl)n2)CCOCC1. The molecule has 0 atom stereocenters. The van der Waals surface area contributed by atoms with Crippen LogP contribution in [0.5, 0.6) is 0 Å². The highest BCUT2D eigenvalue weighted by Gasteiger charge is 2.39. The van der Waals surface area contributed by atoms with Gasteiger partial charge in [-0.15, -0.1) is 0 Å². The van der Waals surface area contributed by atoms with Crippen LogP contribution in [0.25, 0.3) is 0 Å². The highest BCUT2D eigenvalue weighted by molar-refractivity contribution is 6.34. The average Bonchev–Trinajstić information content (AvgIpc) is 2.38. The third kappa shape index (κ3) is 3.08. The van der Waals surface area contributed by atoms with Crippen LogP contribution in [-0.4, -0.2) is 29.8 Å². The van der Waals surface area contributed by atoms with Crippen LogP contribution in [0.4, 0.5) is 0 Å². The molecule has 6 heteroatoms. The van der Waals surface area contributed by atoms with Crippen LogP contribution < -0.4 is 0 Å². The third-order valence-electron chi connectivity index (χ3n) is 3.56. The number of rotatable bonds is 4. The van der Waals surface area contributed by atoms with Crippen LogP contribution in [-0.2, 0) is 15.1 Å². The molecule has 1 aliphatic heterocycles. The van der Waals surface area contributed by atoms with Crippen molar-refractivity contribution in [1.29, 1.82) is 0 Å². The molecule has 20 heavy (non-hydrogen) atoms. The summed E-state index contributed by atoms with van der Waals surface area (Å²) in [6.45, 7) is 7.84. The maximum absolute atomic E-state index is 6.29. The molecule has 0 amide bonds. The van der Waals surface area contributed by atoms with E-state index in [0.717, 1.165) is 5.56 Å². The summed E-state index contributed by atoms with van der Waals surface area (Å²) >= 11 is 12.6. The van der Waals surface area contributed by atoms with E-state index in [9.17, 15) is 0 Å². The molecular weight excluding hydrogens is 299 g/mol. The predicted molar refractivity (Wildman–Crippen MR) is 79.5 cm³/mol. The number of nitrogens with zero attached hydrogens (tertiary/aromatic N) is 2. The lowest BCUT2D eigenvalue weighted by atomic mass is 9.92. The average molecular weight is 319 g/mol. The number of hydrogen-bond acceptors (Lipinski definition) is 4. The summed E-state index contributed by atoms with van der Waals surface area (Å²) in [5, 5.41) is 0.834. The molecule has 0 aromatic carbocycles. The van der Waals surface area contributed by atoms with Crippen molar-refractivity contribution in [3.05, 3.63) is 21.7 Å². The second kappa shape index (κ2) is 6.56. The van der Waals surface area contributed by atoms with Gasteiger partial charge in [0.2, 0.25) is 0 Å². The number of hydrogen-bond donors (Lipinski definition) is 0. The molecule has 0 spiro atoms.